The van der Waals surface area contributed by atoms with Crippen LogP contribution < -0.4 is 15.9 Å². The minimum atomic E-state index is -0.739. The van der Waals surface area contributed by atoms with Crippen LogP contribution in [0.5, 0.6) is 0 Å². The topological polar surface area (TPSA) is 38.7 Å². The fourth-order valence-corrected chi connectivity index (χ4v) is 5.59. The molecule has 148 valence electrons. The van der Waals surface area contributed by atoms with Crippen LogP contribution in [-0.2, 0) is 9.53 Å². The normalized spacial score (nSPS) is 12.4. The van der Waals surface area contributed by atoms with Crippen molar-refractivity contribution in [1.29, 1.82) is 0 Å². The Morgan fingerprint density at radius 2 is 1.38 bits per heavy atom. The molecule has 0 saturated carbocycles. The van der Waals surface area contributed by atoms with Crippen LogP contribution in [0.2, 0.25) is 0 Å². The third kappa shape index (κ3) is 5.19. The van der Waals surface area contributed by atoms with E-state index in [1.165, 1.54) is 23.0 Å². The molecule has 0 bridgehead atoms. The van der Waals surface area contributed by atoms with E-state index in [2.05, 4.69) is 71.7 Å². The van der Waals surface area contributed by atoms with Crippen molar-refractivity contribution in [1.82, 2.24) is 0 Å². The number of methoxy groups -OCH3 is 1. The number of esters is 1. The second kappa shape index (κ2) is 10.1. The number of rotatable bonds is 7. The molecule has 0 aliphatic heterocycles. The van der Waals surface area contributed by atoms with E-state index < -0.39 is 14.0 Å². The average molecular weight is 403 g/mol. The van der Waals surface area contributed by atoms with E-state index in [-0.39, 0.29) is 11.9 Å². The summed E-state index contributed by atoms with van der Waals surface area (Å²) in [6.45, 7) is 3.96. The molecule has 3 aromatic rings. The number of carbonyl (C=O) groups is 1. The van der Waals surface area contributed by atoms with E-state index in [0.29, 0.717) is 0 Å². The van der Waals surface area contributed by atoms with Crippen molar-refractivity contribution in [2.45, 2.75) is 19.9 Å². The Labute approximate surface area is 174 Å². The van der Waals surface area contributed by atoms with Gasteiger partial charge in [-0.05, 0) is 29.8 Å². The summed E-state index contributed by atoms with van der Waals surface area (Å²) in [4.78, 5) is 16.7. The van der Waals surface area contributed by atoms with Gasteiger partial charge in [-0.3, -0.25) is 4.99 Å². The third-order valence-corrected chi connectivity index (χ3v) is 7.17. The highest BCUT2D eigenvalue weighted by molar-refractivity contribution is 7.80. The van der Waals surface area contributed by atoms with Crippen molar-refractivity contribution in [2.75, 3.05) is 7.11 Å². The highest BCUT2D eigenvalue weighted by Gasteiger charge is 2.22. The third-order valence-electron chi connectivity index (χ3n) is 4.65. The zero-order valence-corrected chi connectivity index (χ0v) is 17.9. The summed E-state index contributed by atoms with van der Waals surface area (Å²) in [5.74, 6) is -0.238. The van der Waals surface area contributed by atoms with Gasteiger partial charge in [-0.1, -0.05) is 98.8 Å². The quantitative estimate of drug-likeness (QED) is 0.339. The lowest BCUT2D eigenvalue weighted by Crippen LogP contribution is -2.27. The zero-order valence-electron chi connectivity index (χ0n) is 17.0. The smallest absolute Gasteiger partial charge is 0.330 e. The molecule has 4 heteroatoms. The molecule has 0 radical (unpaired) electrons. The number of nitrogens with zero attached hydrogens (tertiary/aromatic N) is 1. The van der Waals surface area contributed by atoms with Crippen LogP contribution >= 0.6 is 7.92 Å². The highest BCUT2D eigenvalue weighted by atomic mass is 31.1. The molecule has 0 aliphatic carbocycles. The van der Waals surface area contributed by atoms with E-state index >= 15 is 0 Å². The van der Waals surface area contributed by atoms with Gasteiger partial charge in [-0.2, -0.15) is 0 Å². The van der Waals surface area contributed by atoms with E-state index in [0.717, 1.165) is 5.56 Å². The molecule has 0 aliphatic rings. The van der Waals surface area contributed by atoms with Crippen LogP contribution in [-0.4, -0.2) is 25.3 Å². The van der Waals surface area contributed by atoms with Gasteiger partial charge in [0.05, 0.1) is 7.11 Å². The Morgan fingerprint density at radius 3 is 1.90 bits per heavy atom. The number of carbonyl (C=O) groups excluding carboxylic acids is 1. The lowest BCUT2D eigenvalue weighted by molar-refractivity contribution is -0.143. The predicted molar refractivity (Wildman–Crippen MR) is 123 cm³/mol. The standard InChI is InChI=1S/C25H26NO2P/c1-19(2)24(25(27)28-3)26-18-20-12-10-11-17-23(20)29(21-13-6-4-7-14-21)22-15-8-5-9-16-22/h4-19,24H,1-3H3/t24-/m0/s1. The fraction of sp³-hybridized carbons (Fsp3) is 0.200. The minimum absolute atomic E-state index is 0.0654. The Hall–Kier alpha value is -2.77. The maximum Gasteiger partial charge on any atom is 0.330 e. The molecule has 0 saturated heterocycles. The Morgan fingerprint density at radius 1 is 0.862 bits per heavy atom. The number of hydrogen-bond donors (Lipinski definition) is 0. The Kier molecular flexibility index (Phi) is 7.32. The van der Waals surface area contributed by atoms with Gasteiger partial charge in [0.1, 0.15) is 6.04 Å². The molecule has 3 rings (SSSR count). The van der Waals surface area contributed by atoms with E-state index in [4.69, 9.17) is 4.74 Å². The van der Waals surface area contributed by atoms with Crippen molar-refractivity contribution >= 4 is 36.0 Å². The van der Waals surface area contributed by atoms with Gasteiger partial charge in [0.2, 0.25) is 0 Å². The van der Waals surface area contributed by atoms with Crippen LogP contribution in [0.4, 0.5) is 0 Å². The summed E-state index contributed by atoms with van der Waals surface area (Å²) in [6, 6.07) is 28.9. The molecule has 0 amide bonds. The second-order valence-corrected chi connectivity index (χ2v) is 9.24. The summed E-state index contributed by atoms with van der Waals surface area (Å²) in [6.07, 6.45) is 1.83. The molecular weight excluding hydrogens is 377 g/mol. The molecule has 0 aromatic heterocycles. The molecule has 0 fully saturated rings. The second-order valence-electron chi connectivity index (χ2n) is 7.06. The summed E-state index contributed by atoms with van der Waals surface area (Å²) in [5.41, 5.74) is 1.03. The van der Waals surface area contributed by atoms with Gasteiger partial charge in [0.15, 0.2) is 0 Å². The highest BCUT2D eigenvalue weighted by Crippen LogP contribution is 2.33. The van der Waals surface area contributed by atoms with Crippen molar-refractivity contribution < 1.29 is 9.53 Å². The largest absolute Gasteiger partial charge is 0.467 e. The SMILES string of the molecule is COC(=O)[C@@H](N=Cc1ccccc1P(c1ccccc1)c1ccccc1)C(C)C. The Bertz CT molecular complexity index is 915. The zero-order chi connectivity index (χ0) is 20.6. The molecule has 0 spiro atoms. The lowest BCUT2D eigenvalue weighted by atomic mass is 10.1. The summed E-state index contributed by atoms with van der Waals surface area (Å²) < 4.78 is 4.93. The monoisotopic (exact) mass is 403 g/mol. The van der Waals surface area contributed by atoms with Crippen LogP contribution in [0.15, 0.2) is 89.9 Å². The molecule has 0 unspecified atom stereocenters. The minimum Gasteiger partial charge on any atom is -0.467 e. The Balaban J connectivity index is 2.07. The van der Waals surface area contributed by atoms with Crippen LogP contribution in [0, 0.1) is 5.92 Å². The van der Waals surface area contributed by atoms with Gasteiger partial charge in [0.25, 0.3) is 0 Å². The van der Waals surface area contributed by atoms with Gasteiger partial charge in [-0.25, -0.2) is 4.79 Å². The first-order valence-corrected chi connectivity index (χ1v) is 11.1. The van der Waals surface area contributed by atoms with Gasteiger partial charge in [-0.15, -0.1) is 0 Å². The van der Waals surface area contributed by atoms with Gasteiger partial charge >= 0.3 is 5.97 Å². The summed E-state index contributed by atoms with van der Waals surface area (Å²) in [5, 5.41) is 3.78. The van der Waals surface area contributed by atoms with Gasteiger partial charge < -0.3 is 4.74 Å². The van der Waals surface area contributed by atoms with Crippen LogP contribution in [0.25, 0.3) is 0 Å². The van der Waals surface area contributed by atoms with Crippen molar-refractivity contribution in [2.24, 2.45) is 10.9 Å². The summed E-state index contributed by atoms with van der Waals surface area (Å²) in [7, 11) is 0.669. The summed E-state index contributed by atoms with van der Waals surface area (Å²) >= 11 is 0. The molecular formula is C25H26NO2P. The number of aliphatic imine (C=N–C) groups is 1. The average Bonchev–Trinajstić information content (AvgIpc) is 2.76. The molecule has 3 aromatic carbocycles. The first kappa shape index (κ1) is 21.0. The van der Waals surface area contributed by atoms with Crippen molar-refractivity contribution in [3.63, 3.8) is 0 Å². The molecule has 0 heterocycles. The van der Waals surface area contributed by atoms with E-state index in [1.807, 2.05) is 38.3 Å². The van der Waals surface area contributed by atoms with E-state index in [9.17, 15) is 4.79 Å². The van der Waals surface area contributed by atoms with Crippen molar-refractivity contribution in [3.05, 3.63) is 90.5 Å². The van der Waals surface area contributed by atoms with Crippen LogP contribution in [0.1, 0.15) is 19.4 Å². The number of ether oxygens (including phenoxy) is 1. The molecule has 29 heavy (non-hydrogen) atoms. The first-order valence-electron chi connectivity index (χ1n) is 9.72. The molecule has 1 atom stereocenters. The maximum absolute atomic E-state index is 12.1. The predicted octanol–water partition coefficient (Wildman–Crippen LogP) is 4.06. The molecule has 0 N–H and O–H groups in total. The fourth-order valence-electron chi connectivity index (χ4n) is 3.17. The van der Waals surface area contributed by atoms with Crippen LogP contribution in [0.3, 0.4) is 0 Å². The lowest BCUT2D eigenvalue weighted by Gasteiger charge is -2.21. The van der Waals surface area contributed by atoms with E-state index in [1.54, 1.807) is 0 Å². The number of hydrogen-bond acceptors (Lipinski definition) is 3. The maximum atomic E-state index is 12.1. The molecule has 3 nitrogen and oxygen atoms in total. The van der Waals surface area contributed by atoms with Gasteiger partial charge in [0, 0.05) is 11.8 Å². The first-order chi connectivity index (χ1) is 14.1. The number of benzene rings is 3. The van der Waals surface area contributed by atoms with Crippen molar-refractivity contribution in [3.8, 4) is 0 Å².